The van der Waals surface area contributed by atoms with Crippen LogP contribution < -0.4 is 0 Å². The fourth-order valence-corrected chi connectivity index (χ4v) is 2.45. The first-order chi connectivity index (χ1) is 9.29. The maximum Gasteiger partial charge on any atom is 0.135 e. The molecule has 0 saturated heterocycles. The molecule has 0 spiro atoms. The van der Waals surface area contributed by atoms with Crippen LogP contribution in [-0.4, -0.2) is 0 Å². The first kappa shape index (κ1) is 11.8. The van der Waals surface area contributed by atoms with Gasteiger partial charge in [-0.2, -0.15) is 0 Å². The average molecular weight is 248 g/mol. The van der Waals surface area contributed by atoms with E-state index >= 15 is 0 Å². The molecular weight excluding hydrogens is 232 g/mol. The third-order valence-corrected chi connectivity index (χ3v) is 3.34. The molecule has 0 amide bonds. The van der Waals surface area contributed by atoms with Crippen molar-refractivity contribution in [3.8, 4) is 11.3 Å². The molecule has 1 heterocycles. The van der Waals surface area contributed by atoms with Crippen molar-refractivity contribution >= 4 is 16.8 Å². The quantitative estimate of drug-likeness (QED) is 0.588. The van der Waals surface area contributed by atoms with E-state index in [4.69, 9.17) is 4.42 Å². The predicted octanol–water partition coefficient (Wildman–Crippen LogP) is 5.44. The van der Waals surface area contributed by atoms with Crippen molar-refractivity contribution in [1.29, 1.82) is 0 Å². The van der Waals surface area contributed by atoms with Gasteiger partial charge in [-0.25, -0.2) is 0 Å². The summed E-state index contributed by atoms with van der Waals surface area (Å²) < 4.78 is 5.91. The Morgan fingerprint density at radius 1 is 0.947 bits per heavy atom. The molecular formula is C18H16O. The standard InChI is InChI=1S/C18H16O/c1-3-6-15-11-12-17(19-15)18-13(2)9-10-14-7-4-5-8-16(14)18/h3-12H,1-2H3. The molecule has 0 aliphatic heterocycles. The molecule has 3 aromatic rings. The van der Waals surface area contributed by atoms with Crippen LogP contribution in [0.1, 0.15) is 18.2 Å². The zero-order valence-corrected chi connectivity index (χ0v) is 11.2. The lowest BCUT2D eigenvalue weighted by molar-refractivity contribution is 0.572. The van der Waals surface area contributed by atoms with Crippen LogP contribution >= 0.6 is 0 Å². The third-order valence-electron chi connectivity index (χ3n) is 3.34. The molecule has 0 radical (unpaired) electrons. The molecule has 0 aliphatic rings. The molecule has 1 aromatic heterocycles. The monoisotopic (exact) mass is 248 g/mol. The molecule has 2 aromatic carbocycles. The minimum absolute atomic E-state index is 0.893. The SMILES string of the molecule is CC=Cc1ccc(-c2c(C)ccc3ccccc23)o1. The second-order valence-corrected chi connectivity index (χ2v) is 4.68. The van der Waals surface area contributed by atoms with Crippen LogP contribution in [0.5, 0.6) is 0 Å². The van der Waals surface area contributed by atoms with Gasteiger partial charge in [-0.1, -0.05) is 42.5 Å². The van der Waals surface area contributed by atoms with Crippen LogP contribution in [0, 0.1) is 6.92 Å². The summed E-state index contributed by atoms with van der Waals surface area (Å²) in [6.45, 7) is 4.12. The van der Waals surface area contributed by atoms with E-state index < -0.39 is 0 Å². The fraction of sp³-hybridized carbons (Fsp3) is 0.111. The lowest BCUT2D eigenvalue weighted by Gasteiger charge is -2.07. The second kappa shape index (κ2) is 4.77. The highest BCUT2D eigenvalue weighted by Crippen LogP contribution is 2.33. The smallest absolute Gasteiger partial charge is 0.135 e. The number of allylic oxidation sites excluding steroid dienone is 1. The fourth-order valence-electron chi connectivity index (χ4n) is 2.45. The molecule has 0 fully saturated rings. The zero-order chi connectivity index (χ0) is 13.2. The number of benzene rings is 2. The highest BCUT2D eigenvalue weighted by Gasteiger charge is 2.10. The van der Waals surface area contributed by atoms with E-state index in [2.05, 4.69) is 43.3 Å². The number of fused-ring (bicyclic) bond motifs is 1. The van der Waals surface area contributed by atoms with E-state index in [1.54, 1.807) is 0 Å². The van der Waals surface area contributed by atoms with Gasteiger partial charge in [0, 0.05) is 5.56 Å². The van der Waals surface area contributed by atoms with Crippen LogP contribution in [0.4, 0.5) is 0 Å². The minimum atomic E-state index is 0.893. The zero-order valence-electron chi connectivity index (χ0n) is 11.2. The van der Waals surface area contributed by atoms with Crippen LogP contribution in [0.3, 0.4) is 0 Å². The van der Waals surface area contributed by atoms with Crippen molar-refractivity contribution in [2.75, 3.05) is 0 Å². The van der Waals surface area contributed by atoms with Crippen LogP contribution in [0.25, 0.3) is 28.2 Å². The molecule has 3 rings (SSSR count). The van der Waals surface area contributed by atoms with E-state index in [9.17, 15) is 0 Å². The maximum absolute atomic E-state index is 5.91. The molecule has 0 aliphatic carbocycles. The van der Waals surface area contributed by atoms with Crippen molar-refractivity contribution in [1.82, 2.24) is 0 Å². The second-order valence-electron chi connectivity index (χ2n) is 4.68. The molecule has 94 valence electrons. The van der Waals surface area contributed by atoms with Gasteiger partial charge in [0.2, 0.25) is 0 Å². The summed E-state index contributed by atoms with van der Waals surface area (Å²) in [5, 5.41) is 2.48. The molecule has 19 heavy (non-hydrogen) atoms. The van der Waals surface area contributed by atoms with Gasteiger partial charge in [-0.05, 0) is 48.4 Å². The van der Waals surface area contributed by atoms with Gasteiger partial charge in [0.15, 0.2) is 0 Å². The average Bonchev–Trinajstić information content (AvgIpc) is 2.87. The predicted molar refractivity (Wildman–Crippen MR) is 81.1 cm³/mol. The van der Waals surface area contributed by atoms with E-state index in [0.29, 0.717) is 0 Å². The number of aryl methyl sites for hydroxylation is 1. The van der Waals surface area contributed by atoms with E-state index in [1.165, 1.54) is 21.9 Å². The molecule has 0 bridgehead atoms. The summed E-state index contributed by atoms with van der Waals surface area (Å²) in [4.78, 5) is 0. The highest BCUT2D eigenvalue weighted by atomic mass is 16.3. The van der Waals surface area contributed by atoms with Gasteiger partial charge in [0.1, 0.15) is 11.5 Å². The first-order valence-electron chi connectivity index (χ1n) is 6.51. The molecule has 0 saturated carbocycles. The van der Waals surface area contributed by atoms with E-state index in [-0.39, 0.29) is 0 Å². The summed E-state index contributed by atoms with van der Waals surface area (Å²) in [6, 6.07) is 16.8. The molecule has 1 nitrogen and oxygen atoms in total. The number of hydrogen-bond donors (Lipinski definition) is 0. The van der Waals surface area contributed by atoms with Crippen molar-refractivity contribution < 1.29 is 4.42 Å². The Hall–Kier alpha value is -2.28. The maximum atomic E-state index is 5.91. The number of rotatable bonds is 2. The normalized spacial score (nSPS) is 11.5. The van der Waals surface area contributed by atoms with Crippen LogP contribution in [0.15, 0.2) is 59.0 Å². The Labute approximate surface area is 113 Å². The van der Waals surface area contributed by atoms with Crippen molar-refractivity contribution in [3.05, 3.63) is 65.9 Å². The van der Waals surface area contributed by atoms with E-state index in [1.807, 2.05) is 31.2 Å². The van der Waals surface area contributed by atoms with Crippen molar-refractivity contribution in [2.24, 2.45) is 0 Å². The molecule has 0 N–H and O–H groups in total. The largest absolute Gasteiger partial charge is 0.457 e. The van der Waals surface area contributed by atoms with E-state index in [0.717, 1.165) is 11.5 Å². The lowest BCUT2D eigenvalue weighted by atomic mass is 9.98. The van der Waals surface area contributed by atoms with Crippen molar-refractivity contribution in [3.63, 3.8) is 0 Å². The summed E-state index contributed by atoms with van der Waals surface area (Å²) in [7, 11) is 0. The van der Waals surface area contributed by atoms with Crippen molar-refractivity contribution in [2.45, 2.75) is 13.8 Å². The van der Waals surface area contributed by atoms with Gasteiger partial charge >= 0.3 is 0 Å². The highest BCUT2D eigenvalue weighted by molar-refractivity contribution is 5.97. The molecule has 0 atom stereocenters. The van der Waals surface area contributed by atoms with Gasteiger partial charge in [-0.15, -0.1) is 0 Å². The Balaban J connectivity index is 2.25. The van der Waals surface area contributed by atoms with Gasteiger partial charge < -0.3 is 4.42 Å². The van der Waals surface area contributed by atoms with Gasteiger partial charge in [0.25, 0.3) is 0 Å². The minimum Gasteiger partial charge on any atom is -0.457 e. The summed E-state index contributed by atoms with van der Waals surface area (Å²) in [5.74, 6) is 1.83. The Kier molecular flexibility index (Phi) is 2.96. The number of furan rings is 1. The third kappa shape index (κ3) is 2.08. The van der Waals surface area contributed by atoms with Crippen LogP contribution in [-0.2, 0) is 0 Å². The lowest BCUT2D eigenvalue weighted by Crippen LogP contribution is -1.84. The topological polar surface area (TPSA) is 13.1 Å². The summed E-state index contributed by atoms with van der Waals surface area (Å²) >= 11 is 0. The summed E-state index contributed by atoms with van der Waals surface area (Å²) in [5.41, 5.74) is 2.42. The first-order valence-corrected chi connectivity index (χ1v) is 6.51. The Morgan fingerprint density at radius 3 is 2.63 bits per heavy atom. The molecule has 1 heteroatoms. The van der Waals surface area contributed by atoms with Gasteiger partial charge in [0.05, 0.1) is 0 Å². The van der Waals surface area contributed by atoms with Crippen LogP contribution in [0.2, 0.25) is 0 Å². The Morgan fingerprint density at radius 2 is 1.79 bits per heavy atom. The summed E-state index contributed by atoms with van der Waals surface area (Å²) in [6.07, 6.45) is 3.96. The Bertz CT molecular complexity index is 747. The van der Waals surface area contributed by atoms with Gasteiger partial charge in [-0.3, -0.25) is 0 Å². The molecule has 0 unspecified atom stereocenters. The number of hydrogen-bond acceptors (Lipinski definition) is 1.